The third kappa shape index (κ3) is 2.90. The Labute approximate surface area is 172 Å². The average molecular weight is 432 g/mol. The third-order valence-corrected chi connectivity index (χ3v) is 7.45. The number of carbonyl (C=O) groups is 1. The number of rotatable bonds is 3. The van der Waals surface area contributed by atoms with E-state index in [1.165, 1.54) is 0 Å². The first-order valence-corrected chi connectivity index (χ1v) is 11.1. The summed E-state index contributed by atoms with van der Waals surface area (Å²) < 4.78 is 27.5. The molecule has 1 aliphatic carbocycles. The fraction of sp³-hybridized carbons (Fsp3) is 0.250. The minimum atomic E-state index is -3.90. The first kappa shape index (κ1) is 18.5. The van der Waals surface area contributed by atoms with E-state index in [0.29, 0.717) is 21.6 Å². The van der Waals surface area contributed by atoms with Gasteiger partial charge in [-0.2, -0.15) is 8.42 Å². The van der Waals surface area contributed by atoms with E-state index in [9.17, 15) is 18.3 Å². The molecular formula is C20H18ClN3O4S. The topological polar surface area (TPSA) is 102 Å². The van der Waals surface area contributed by atoms with Crippen LogP contribution in [0.5, 0.6) is 0 Å². The first-order valence-electron chi connectivity index (χ1n) is 9.24. The number of carbonyl (C=O) groups excluding carboxylic acids is 1. The molecular weight excluding hydrogens is 414 g/mol. The Morgan fingerprint density at radius 3 is 2.45 bits per heavy atom. The number of halogens is 1. The molecule has 2 heterocycles. The Morgan fingerprint density at radius 2 is 1.86 bits per heavy atom. The molecule has 1 aliphatic heterocycles. The van der Waals surface area contributed by atoms with E-state index < -0.39 is 21.7 Å². The monoisotopic (exact) mass is 431 g/mol. The summed E-state index contributed by atoms with van der Waals surface area (Å²) in [4.78, 5) is 14.6. The quantitative estimate of drug-likeness (QED) is 0.593. The van der Waals surface area contributed by atoms with Crippen LogP contribution in [0.15, 0.2) is 42.6 Å². The molecule has 2 aliphatic rings. The zero-order valence-electron chi connectivity index (χ0n) is 15.3. The molecule has 0 spiro atoms. The Hall–Kier alpha value is -2.55. The standard InChI is InChI=1S/C20H18ClN3O4S/c21-16-9-17-15(18(10-22-17)24-11-19(25)23-29(24,27)28)8-14(16)12-2-4-13(5-3-12)20(26)6-1-7-20/h2-5,8-10,22,26H,1,6-7,11H2,(H,23,25). The largest absolute Gasteiger partial charge is 0.385 e. The van der Waals surface area contributed by atoms with Gasteiger partial charge in [-0.25, -0.2) is 9.03 Å². The highest BCUT2D eigenvalue weighted by Crippen LogP contribution is 2.42. The van der Waals surface area contributed by atoms with Gasteiger partial charge in [0.15, 0.2) is 0 Å². The number of anilines is 1. The summed E-state index contributed by atoms with van der Waals surface area (Å²) >= 11 is 6.49. The molecule has 150 valence electrons. The molecule has 3 N–H and O–H groups in total. The number of nitrogens with zero attached hydrogens (tertiary/aromatic N) is 1. The van der Waals surface area contributed by atoms with Crippen LogP contribution >= 0.6 is 11.6 Å². The lowest BCUT2D eigenvalue weighted by Gasteiger charge is -2.37. The van der Waals surface area contributed by atoms with Crippen LogP contribution in [0.25, 0.3) is 22.0 Å². The summed E-state index contributed by atoms with van der Waals surface area (Å²) in [5.41, 5.74) is 2.81. The molecule has 0 unspecified atom stereocenters. The predicted octanol–water partition coefficient (Wildman–Crippen LogP) is 3.04. The van der Waals surface area contributed by atoms with Gasteiger partial charge in [0.1, 0.15) is 6.54 Å². The van der Waals surface area contributed by atoms with Gasteiger partial charge in [-0.15, -0.1) is 0 Å². The summed E-state index contributed by atoms with van der Waals surface area (Å²) in [7, 11) is -3.90. The van der Waals surface area contributed by atoms with Crippen molar-refractivity contribution in [1.82, 2.24) is 9.71 Å². The number of hydrogen-bond acceptors (Lipinski definition) is 4. The van der Waals surface area contributed by atoms with E-state index in [0.717, 1.165) is 40.3 Å². The Balaban J connectivity index is 1.58. The van der Waals surface area contributed by atoms with Crippen molar-refractivity contribution in [2.75, 3.05) is 10.8 Å². The van der Waals surface area contributed by atoms with Gasteiger partial charge in [0.05, 0.1) is 16.3 Å². The zero-order valence-corrected chi connectivity index (χ0v) is 16.8. The molecule has 1 saturated heterocycles. The molecule has 0 radical (unpaired) electrons. The maximum Gasteiger partial charge on any atom is 0.326 e. The Bertz CT molecular complexity index is 1250. The van der Waals surface area contributed by atoms with Crippen molar-refractivity contribution in [2.45, 2.75) is 24.9 Å². The van der Waals surface area contributed by atoms with Crippen molar-refractivity contribution in [3.05, 3.63) is 53.2 Å². The van der Waals surface area contributed by atoms with Gasteiger partial charge < -0.3 is 10.1 Å². The second-order valence-corrected chi connectivity index (χ2v) is 9.55. The second-order valence-electron chi connectivity index (χ2n) is 7.55. The van der Waals surface area contributed by atoms with Gasteiger partial charge >= 0.3 is 10.2 Å². The van der Waals surface area contributed by atoms with Crippen LogP contribution < -0.4 is 9.03 Å². The van der Waals surface area contributed by atoms with Gasteiger partial charge in [-0.1, -0.05) is 35.9 Å². The summed E-state index contributed by atoms with van der Waals surface area (Å²) in [6.45, 7) is -0.263. The minimum absolute atomic E-state index is 0.263. The highest BCUT2D eigenvalue weighted by atomic mass is 35.5. The van der Waals surface area contributed by atoms with E-state index in [2.05, 4.69) is 4.98 Å². The molecule has 3 aromatic rings. The van der Waals surface area contributed by atoms with Gasteiger partial charge in [-0.05, 0) is 42.5 Å². The van der Waals surface area contributed by atoms with E-state index in [-0.39, 0.29) is 6.54 Å². The highest BCUT2D eigenvalue weighted by molar-refractivity contribution is 7.92. The summed E-state index contributed by atoms with van der Waals surface area (Å²) in [6.07, 6.45) is 4.11. The molecule has 29 heavy (non-hydrogen) atoms. The van der Waals surface area contributed by atoms with Crippen LogP contribution in [0.4, 0.5) is 5.69 Å². The molecule has 1 saturated carbocycles. The molecule has 1 aromatic heterocycles. The average Bonchev–Trinajstić information content (AvgIpc) is 3.17. The summed E-state index contributed by atoms with van der Waals surface area (Å²) in [5.74, 6) is -0.571. The van der Waals surface area contributed by atoms with Crippen molar-refractivity contribution in [1.29, 1.82) is 0 Å². The van der Waals surface area contributed by atoms with Crippen molar-refractivity contribution in [2.24, 2.45) is 0 Å². The Morgan fingerprint density at radius 1 is 1.14 bits per heavy atom. The van der Waals surface area contributed by atoms with Crippen LogP contribution in [0.3, 0.4) is 0 Å². The SMILES string of the molecule is O=C1CN(c2c[nH]c3cc(Cl)c(-c4ccc(C5(O)CCC5)cc4)cc23)S(=O)(=O)N1. The fourth-order valence-electron chi connectivity index (χ4n) is 3.98. The molecule has 5 rings (SSSR count). The van der Waals surface area contributed by atoms with Crippen LogP contribution in [0, 0.1) is 0 Å². The number of nitrogens with one attached hydrogen (secondary N) is 2. The van der Waals surface area contributed by atoms with Crippen LogP contribution in [-0.2, 0) is 20.6 Å². The van der Waals surface area contributed by atoms with Gasteiger partial charge in [-0.3, -0.25) is 4.79 Å². The van der Waals surface area contributed by atoms with Gasteiger partial charge in [0, 0.05) is 22.7 Å². The number of aliphatic hydroxyl groups is 1. The molecule has 1 amide bonds. The normalized spacial score (nSPS) is 19.9. The number of aromatic nitrogens is 1. The third-order valence-electron chi connectivity index (χ3n) is 5.75. The molecule has 0 bridgehead atoms. The van der Waals surface area contributed by atoms with Crippen molar-refractivity contribution in [3.63, 3.8) is 0 Å². The van der Waals surface area contributed by atoms with E-state index in [4.69, 9.17) is 11.6 Å². The molecule has 0 atom stereocenters. The second kappa shape index (κ2) is 6.22. The Kier molecular flexibility index (Phi) is 3.96. The summed E-state index contributed by atoms with van der Waals surface area (Å²) in [6, 6.07) is 11.2. The number of H-pyrrole nitrogens is 1. The smallest absolute Gasteiger partial charge is 0.326 e. The van der Waals surface area contributed by atoms with Gasteiger partial charge in [0.25, 0.3) is 5.91 Å². The van der Waals surface area contributed by atoms with E-state index in [1.54, 1.807) is 12.3 Å². The molecule has 2 fully saturated rings. The van der Waals surface area contributed by atoms with Crippen molar-refractivity contribution < 1.29 is 18.3 Å². The highest BCUT2D eigenvalue weighted by Gasteiger charge is 2.36. The summed E-state index contributed by atoms with van der Waals surface area (Å²) in [5, 5.41) is 11.7. The van der Waals surface area contributed by atoms with Crippen molar-refractivity contribution >= 4 is 44.3 Å². The lowest BCUT2D eigenvalue weighted by molar-refractivity contribution is -0.117. The maximum absolute atomic E-state index is 12.2. The lowest BCUT2D eigenvalue weighted by Crippen LogP contribution is -2.33. The number of amides is 1. The maximum atomic E-state index is 12.2. The van der Waals surface area contributed by atoms with Gasteiger partial charge in [0.2, 0.25) is 0 Å². The van der Waals surface area contributed by atoms with Crippen molar-refractivity contribution in [3.8, 4) is 11.1 Å². The number of fused-ring (bicyclic) bond motifs is 1. The van der Waals surface area contributed by atoms with Crippen LogP contribution in [-0.4, -0.2) is 31.0 Å². The number of aromatic amines is 1. The number of hydrogen-bond donors (Lipinski definition) is 3. The van der Waals surface area contributed by atoms with Crippen LogP contribution in [0.1, 0.15) is 24.8 Å². The molecule has 7 nitrogen and oxygen atoms in total. The zero-order chi connectivity index (χ0) is 20.4. The fourth-order valence-corrected chi connectivity index (χ4v) is 5.41. The predicted molar refractivity (Wildman–Crippen MR) is 111 cm³/mol. The lowest BCUT2D eigenvalue weighted by atomic mass is 9.75. The molecule has 9 heteroatoms. The number of benzene rings is 2. The van der Waals surface area contributed by atoms with E-state index in [1.807, 2.05) is 35.1 Å². The van der Waals surface area contributed by atoms with Crippen LogP contribution in [0.2, 0.25) is 5.02 Å². The first-order chi connectivity index (χ1) is 13.8. The van der Waals surface area contributed by atoms with E-state index >= 15 is 0 Å². The molecule has 2 aromatic carbocycles. The minimum Gasteiger partial charge on any atom is -0.385 e.